The summed E-state index contributed by atoms with van der Waals surface area (Å²) in [6.45, 7) is 8.15. The molecule has 0 bridgehead atoms. The number of pyridine rings is 1. The topological polar surface area (TPSA) is 3.88 Å². The molecule has 0 amide bonds. The summed E-state index contributed by atoms with van der Waals surface area (Å²) >= 11 is 0. The third-order valence-electron chi connectivity index (χ3n) is 9.82. The Labute approximate surface area is 272 Å². The van der Waals surface area contributed by atoms with Gasteiger partial charge in [0.2, 0.25) is 0 Å². The number of hydrogen-bond donors (Lipinski definition) is 0. The molecule has 1 nitrogen and oxygen atoms in total. The quantitative estimate of drug-likeness (QED) is 0.0549. The molecule has 0 aliphatic rings. The van der Waals surface area contributed by atoms with Gasteiger partial charge < -0.3 is 0 Å². The largest absolute Gasteiger partial charge is 0.205 e. The zero-order valence-electron chi connectivity index (χ0n) is 30.2. The van der Waals surface area contributed by atoms with E-state index in [-0.39, 0.29) is 0 Å². The van der Waals surface area contributed by atoms with Crippen LogP contribution in [0.15, 0.2) is 18.5 Å². The first-order chi connectivity index (χ1) is 21.3. The van der Waals surface area contributed by atoms with E-state index in [0.29, 0.717) is 0 Å². The second kappa shape index (κ2) is 32.5. The summed E-state index contributed by atoms with van der Waals surface area (Å²) < 4.78 is 2.53. The van der Waals surface area contributed by atoms with E-state index < -0.39 is 0 Å². The lowest BCUT2D eigenvalue weighted by atomic mass is 9.97. The molecule has 1 aromatic heterocycles. The minimum atomic E-state index is 1.21. The molecule has 43 heavy (non-hydrogen) atoms. The van der Waals surface area contributed by atoms with E-state index in [4.69, 9.17) is 0 Å². The van der Waals surface area contributed by atoms with Crippen molar-refractivity contribution in [1.82, 2.24) is 0 Å². The Morgan fingerprint density at radius 3 is 1.02 bits per heavy atom. The van der Waals surface area contributed by atoms with Crippen LogP contribution >= 0.6 is 0 Å². The van der Waals surface area contributed by atoms with Crippen LogP contribution in [-0.4, -0.2) is 0 Å². The molecular formula is C42H80N+. The van der Waals surface area contributed by atoms with E-state index in [1.54, 1.807) is 11.1 Å². The molecule has 252 valence electrons. The average molecular weight is 599 g/mol. The van der Waals surface area contributed by atoms with Crippen molar-refractivity contribution in [3.05, 3.63) is 29.6 Å². The van der Waals surface area contributed by atoms with Crippen LogP contribution < -0.4 is 4.57 Å². The Hall–Kier alpha value is -0.850. The van der Waals surface area contributed by atoms with Gasteiger partial charge in [0.05, 0.1) is 0 Å². The van der Waals surface area contributed by atoms with Crippen molar-refractivity contribution < 1.29 is 4.57 Å². The minimum absolute atomic E-state index is 1.21. The molecule has 0 aliphatic heterocycles. The van der Waals surface area contributed by atoms with Gasteiger partial charge in [-0.3, -0.25) is 0 Å². The Kier molecular flexibility index (Phi) is 30.4. The Morgan fingerprint density at radius 2 is 0.651 bits per heavy atom. The van der Waals surface area contributed by atoms with Gasteiger partial charge in [0.1, 0.15) is 6.54 Å². The fourth-order valence-corrected chi connectivity index (χ4v) is 6.79. The lowest BCUT2D eigenvalue weighted by Crippen LogP contribution is -2.34. The molecule has 1 heteroatoms. The summed E-state index contributed by atoms with van der Waals surface area (Å²) in [5.74, 6) is 0. The molecule has 0 spiro atoms. The van der Waals surface area contributed by atoms with Crippen LogP contribution in [0.5, 0.6) is 0 Å². The second-order valence-corrected chi connectivity index (χ2v) is 14.1. The van der Waals surface area contributed by atoms with Crippen LogP contribution in [0.25, 0.3) is 0 Å². The summed E-state index contributed by atoms with van der Waals surface area (Å²) in [6, 6.07) is 2.50. The smallest absolute Gasteiger partial charge is 0.172 e. The van der Waals surface area contributed by atoms with Gasteiger partial charge in [-0.2, -0.15) is 0 Å². The number of rotatable bonds is 34. The summed E-state index contributed by atoms with van der Waals surface area (Å²) in [7, 11) is 0. The van der Waals surface area contributed by atoms with Crippen LogP contribution in [0.1, 0.15) is 231 Å². The molecule has 0 aromatic carbocycles. The summed E-state index contributed by atoms with van der Waals surface area (Å²) in [6.07, 6.45) is 51.8. The van der Waals surface area contributed by atoms with E-state index in [0.717, 1.165) is 0 Å². The zero-order chi connectivity index (χ0) is 30.9. The molecule has 1 aromatic rings. The molecular weight excluding hydrogens is 518 g/mol. The van der Waals surface area contributed by atoms with Crippen LogP contribution in [0.3, 0.4) is 0 Å². The molecule has 1 heterocycles. The number of hydrogen-bond acceptors (Lipinski definition) is 0. The highest BCUT2D eigenvalue weighted by molar-refractivity contribution is 5.21. The maximum absolute atomic E-state index is 2.55. The van der Waals surface area contributed by atoms with Crippen LogP contribution in [0.2, 0.25) is 0 Å². The first-order valence-corrected chi connectivity index (χ1v) is 20.3. The van der Waals surface area contributed by atoms with Gasteiger partial charge in [-0.15, -0.1) is 0 Å². The predicted molar refractivity (Wildman–Crippen MR) is 194 cm³/mol. The van der Waals surface area contributed by atoms with Crippen molar-refractivity contribution in [1.29, 1.82) is 0 Å². The van der Waals surface area contributed by atoms with Crippen LogP contribution in [-0.2, 0) is 19.4 Å². The lowest BCUT2D eigenvalue weighted by molar-refractivity contribution is -0.697. The third kappa shape index (κ3) is 26.1. The van der Waals surface area contributed by atoms with E-state index in [9.17, 15) is 0 Å². The predicted octanol–water partition coefficient (Wildman–Crippen LogP) is 14.2. The number of aryl methyl sites for hydroxylation is 3. The molecule has 0 unspecified atom stereocenters. The summed E-state index contributed by atoms with van der Waals surface area (Å²) in [5.41, 5.74) is 3.32. The monoisotopic (exact) mass is 599 g/mol. The summed E-state index contributed by atoms with van der Waals surface area (Å²) in [5, 5.41) is 0. The first-order valence-electron chi connectivity index (χ1n) is 20.3. The Balaban J connectivity index is 2.32. The second-order valence-electron chi connectivity index (χ2n) is 14.1. The maximum Gasteiger partial charge on any atom is 0.172 e. The third-order valence-corrected chi connectivity index (χ3v) is 9.82. The minimum Gasteiger partial charge on any atom is -0.205 e. The van der Waals surface area contributed by atoms with Crippen LogP contribution in [0.4, 0.5) is 0 Å². The van der Waals surface area contributed by atoms with Crippen molar-refractivity contribution in [3.63, 3.8) is 0 Å². The standard InChI is InChI=1S/C42H80N/c1-4-7-10-13-16-19-20-21-22-25-28-31-34-38-43-39-37-41(35-32-29-26-23-17-14-11-8-5-2)42(40-43)36-33-30-27-24-18-15-12-9-6-3/h37,39-40H,4-36,38H2,1-3H3/q+1. The molecule has 1 rings (SSSR count). The molecule has 0 aliphatic carbocycles. The normalized spacial score (nSPS) is 11.5. The van der Waals surface area contributed by atoms with Gasteiger partial charge in [0.15, 0.2) is 12.4 Å². The Bertz CT molecular complexity index is 679. The highest BCUT2D eigenvalue weighted by Gasteiger charge is 2.10. The van der Waals surface area contributed by atoms with E-state index in [1.807, 2.05) is 0 Å². The van der Waals surface area contributed by atoms with Crippen molar-refractivity contribution in [3.8, 4) is 0 Å². The van der Waals surface area contributed by atoms with E-state index in [2.05, 4.69) is 43.8 Å². The van der Waals surface area contributed by atoms with Crippen molar-refractivity contribution >= 4 is 0 Å². The van der Waals surface area contributed by atoms with Crippen molar-refractivity contribution in [2.75, 3.05) is 0 Å². The van der Waals surface area contributed by atoms with Crippen molar-refractivity contribution in [2.45, 2.75) is 239 Å². The molecule has 0 fully saturated rings. The molecule has 0 saturated heterocycles. The van der Waals surface area contributed by atoms with Crippen molar-refractivity contribution in [2.24, 2.45) is 0 Å². The van der Waals surface area contributed by atoms with Gasteiger partial charge in [0.25, 0.3) is 0 Å². The maximum atomic E-state index is 2.55. The number of aromatic nitrogens is 1. The van der Waals surface area contributed by atoms with Crippen LogP contribution in [0, 0.1) is 0 Å². The van der Waals surface area contributed by atoms with Gasteiger partial charge >= 0.3 is 0 Å². The fourth-order valence-electron chi connectivity index (χ4n) is 6.79. The van der Waals surface area contributed by atoms with E-state index >= 15 is 0 Å². The highest BCUT2D eigenvalue weighted by Crippen LogP contribution is 2.18. The van der Waals surface area contributed by atoms with Gasteiger partial charge in [0, 0.05) is 18.1 Å². The van der Waals surface area contributed by atoms with Gasteiger partial charge in [-0.25, -0.2) is 4.57 Å². The summed E-state index contributed by atoms with van der Waals surface area (Å²) in [4.78, 5) is 0. The number of nitrogens with zero attached hydrogens (tertiary/aromatic N) is 1. The van der Waals surface area contributed by atoms with E-state index in [1.165, 1.54) is 218 Å². The molecule has 0 radical (unpaired) electrons. The molecule has 0 saturated carbocycles. The highest BCUT2D eigenvalue weighted by atomic mass is 14.9. The molecule has 0 N–H and O–H groups in total. The SMILES string of the molecule is CCCCCCCCCCCCCCC[n+]1ccc(CCCCCCCCCCC)c(CCCCCCCCCCC)c1. The first kappa shape index (κ1) is 40.2. The molecule has 0 atom stereocenters. The van der Waals surface area contributed by atoms with Gasteiger partial charge in [-0.1, -0.05) is 194 Å². The average Bonchev–Trinajstić information content (AvgIpc) is 3.02. The lowest BCUT2D eigenvalue weighted by Gasteiger charge is -2.10. The zero-order valence-corrected chi connectivity index (χ0v) is 30.2. The fraction of sp³-hybridized carbons (Fsp3) is 0.881. The Morgan fingerprint density at radius 1 is 0.349 bits per heavy atom. The number of unbranched alkanes of at least 4 members (excludes halogenated alkanes) is 28. The van der Waals surface area contributed by atoms with Gasteiger partial charge in [-0.05, 0) is 37.7 Å².